The summed E-state index contributed by atoms with van der Waals surface area (Å²) in [5.41, 5.74) is -1.33. The van der Waals surface area contributed by atoms with Crippen molar-refractivity contribution in [2.75, 3.05) is 25.5 Å². The largest absolute Gasteiger partial charge is 0.511 e. The van der Waals surface area contributed by atoms with Crippen LogP contribution in [0, 0.1) is 17.3 Å². The maximum Gasteiger partial charge on any atom is 0.511 e. The zero-order chi connectivity index (χ0) is 25.1. The number of rotatable bonds is 14. The Morgan fingerprint density at radius 1 is 1.06 bits per heavy atom. The molecule has 0 rings (SSSR count). The molecule has 11 nitrogen and oxygen atoms in total. The van der Waals surface area contributed by atoms with Crippen LogP contribution in [0.15, 0.2) is 0 Å². The van der Waals surface area contributed by atoms with Crippen LogP contribution in [0.2, 0.25) is 0 Å². The van der Waals surface area contributed by atoms with Crippen molar-refractivity contribution >= 4 is 28.1 Å². The molecule has 0 saturated heterocycles. The number of ether oxygens (including phenoxy) is 3. The second kappa shape index (κ2) is 13.6. The number of carbonyl (C=O) groups excluding carboxylic acids is 3. The van der Waals surface area contributed by atoms with Crippen molar-refractivity contribution in [2.45, 2.75) is 67.3 Å². The van der Waals surface area contributed by atoms with Gasteiger partial charge in [0.05, 0.1) is 19.0 Å². The number of amides is 1. The quantitative estimate of drug-likeness (QED) is 0.161. The van der Waals surface area contributed by atoms with E-state index in [0.29, 0.717) is 0 Å². The van der Waals surface area contributed by atoms with Gasteiger partial charge < -0.3 is 24.6 Å². The van der Waals surface area contributed by atoms with Crippen LogP contribution in [0.5, 0.6) is 0 Å². The van der Waals surface area contributed by atoms with Gasteiger partial charge in [0.1, 0.15) is 0 Å². The lowest BCUT2D eigenvalue weighted by molar-refractivity contribution is -0.194. The van der Waals surface area contributed by atoms with E-state index in [2.05, 4.69) is 5.32 Å². The van der Waals surface area contributed by atoms with Crippen LogP contribution in [0.25, 0.3) is 0 Å². The third-order valence-electron chi connectivity index (χ3n) is 4.04. The van der Waals surface area contributed by atoms with Crippen molar-refractivity contribution in [2.24, 2.45) is 17.3 Å². The molecule has 0 aromatic heterocycles. The Balaban J connectivity index is 4.82. The Morgan fingerprint density at radius 2 is 1.66 bits per heavy atom. The summed E-state index contributed by atoms with van der Waals surface area (Å²) in [6.45, 7) is 10.9. The summed E-state index contributed by atoms with van der Waals surface area (Å²) in [4.78, 5) is 35.0. The van der Waals surface area contributed by atoms with Crippen LogP contribution in [-0.4, -0.2) is 69.5 Å². The molecule has 0 fully saturated rings. The van der Waals surface area contributed by atoms with E-state index in [1.165, 1.54) is 20.8 Å². The Bertz CT molecular complexity index is 718. The van der Waals surface area contributed by atoms with E-state index >= 15 is 0 Å². The molecular formula is C20H37NO10S. The van der Waals surface area contributed by atoms with E-state index in [9.17, 15) is 27.9 Å². The molecule has 0 aromatic carbocycles. The molecule has 188 valence electrons. The van der Waals surface area contributed by atoms with Gasteiger partial charge >= 0.3 is 12.1 Å². The molecule has 1 amide bonds. The van der Waals surface area contributed by atoms with E-state index < -0.39 is 52.6 Å². The van der Waals surface area contributed by atoms with E-state index in [-0.39, 0.29) is 37.2 Å². The topological polar surface area (TPSA) is 155 Å². The second-order valence-electron chi connectivity index (χ2n) is 8.87. The van der Waals surface area contributed by atoms with Crippen LogP contribution < -0.4 is 5.32 Å². The summed E-state index contributed by atoms with van der Waals surface area (Å²) < 4.78 is 44.0. The second-order valence-corrected chi connectivity index (χ2v) is 10.6. The fraction of sp³-hybridized carbons (Fsp3) is 0.850. The summed E-state index contributed by atoms with van der Waals surface area (Å²) in [6.07, 6.45) is -3.92. The third-order valence-corrected chi connectivity index (χ3v) is 5.31. The molecule has 12 heteroatoms. The first-order valence-electron chi connectivity index (χ1n) is 10.4. The number of carbonyl (C=O) groups is 3. The van der Waals surface area contributed by atoms with E-state index in [4.69, 9.17) is 18.4 Å². The van der Waals surface area contributed by atoms with Crippen LogP contribution in [0.1, 0.15) is 54.9 Å². The van der Waals surface area contributed by atoms with E-state index in [1.54, 1.807) is 13.8 Å². The molecule has 0 spiro atoms. The molecule has 0 aliphatic rings. The first kappa shape index (κ1) is 30.1. The zero-order valence-corrected chi connectivity index (χ0v) is 20.7. The molecular weight excluding hydrogens is 446 g/mol. The van der Waals surface area contributed by atoms with Gasteiger partial charge in [-0.1, -0.05) is 41.5 Å². The number of hydrogen-bond acceptors (Lipinski definition) is 10. The highest BCUT2D eigenvalue weighted by Gasteiger charge is 2.38. The Morgan fingerprint density at radius 3 is 2.16 bits per heavy atom. The van der Waals surface area contributed by atoms with Gasteiger partial charge in [-0.3, -0.25) is 8.98 Å². The molecule has 0 heterocycles. The first-order valence-corrected chi connectivity index (χ1v) is 12.0. The van der Waals surface area contributed by atoms with Crippen molar-refractivity contribution < 1.29 is 46.3 Å². The molecule has 2 N–H and O–H groups in total. The highest BCUT2D eigenvalue weighted by molar-refractivity contribution is 7.86. The average molecular weight is 484 g/mol. The number of nitrogens with one attached hydrogen (secondary N) is 1. The van der Waals surface area contributed by atoms with E-state index in [0.717, 1.165) is 0 Å². The minimum Gasteiger partial charge on any atom is -0.434 e. The minimum absolute atomic E-state index is 0.0897. The summed E-state index contributed by atoms with van der Waals surface area (Å²) >= 11 is 0. The molecule has 0 radical (unpaired) electrons. The fourth-order valence-corrected chi connectivity index (χ4v) is 3.15. The van der Waals surface area contributed by atoms with Gasteiger partial charge in [-0.05, 0) is 12.3 Å². The summed E-state index contributed by atoms with van der Waals surface area (Å²) in [7, 11) is -3.94. The van der Waals surface area contributed by atoms with Gasteiger partial charge in [0.15, 0.2) is 6.10 Å². The van der Waals surface area contributed by atoms with Gasteiger partial charge in [0.25, 0.3) is 16.4 Å². The number of aliphatic hydroxyl groups excluding tert-OH is 1. The minimum atomic E-state index is -3.94. The third kappa shape index (κ3) is 12.8. The SMILES string of the molecule is CC(=O)NCCCS(=O)(=O)OCC(C)(C)[C@@H](O)C(=O)OC(OC(=O)OCC(C)C)C(C)C. The van der Waals surface area contributed by atoms with Gasteiger partial charge in [-0.25, -0.2) is 9.59 Å². The van der Waals surface area contributed by atoms with Crippen molar-refractivity contribution in [1.82, 2.24) is 5.32 Å². The standard InChI is InChI=1S/C20H37NO10S/c1-13(2)11-28-19(25)31-18(14(3)4)30-17(24)16(23)20(6,7)12-29-32(26,27)10-8-9-21-15(5)22/h13-14,16,18,23H,8-12H2,1-7H3,(H,21,22)/t16-,18?/m0/s1. The lowest BCUT2D eigenvalue weighted by atomic mass is 9.87. The molecule has 0 aromatic rings. The lowest BCUT2D eigenvalue weighted by Gasteiger charge is -2.30. The molecule has 1 unspecified atom stereocenters. The maximum absolute atomic E-state index is 12.4. The molecule has 2 atom stereocenters. The van der Waals surface area contributed by atoms with Crippen LogP contribution in [0.4, 0.5) is 4.79 Å². The van der Waals surface area contributed by atoms with Gasteiger partial charge in [-0.2, -0.15) is 8.42 Å². The van der Waals surface area contributed by atoms with Gasteiger partial charge in [0, 0.05) is 24.8 Å². The predicted molar refractivity (Wildman–Crippen MR) is 115 cm³/mol. The van der Waals surface area contributed by atoms with Crippen molar-refractivity contribution in [1.29, 1.82) is 0 Å². The fourth-order valence-electron chi connectivity index (χ4n) is 2.05. The Labute approximate surface area is 190 Å². The van der Waals surface area contributed by atoms with Crippen LogP contribution in [0.3, 0.4) is 0 Å². The summed E-state index contributed by atoms with van der Waals surface area (Å²) in [5.74, 6) is -2.06. The van der Waals surface area contributed by atoms with Gasteiger partial charge in [-0.15, -0.1) is 0 Å². The number of aliphatic hydroxyl groups is 1. The van der Waals surface area contributed by atoms with Crippen LogP contribution in [-0.2, 0) is 38.1 Å². The Hall–Kier alpha value is -1.92. The summed E-state index contributed by atoms with van der Waals surface area (Å²) in [5, 5.41) is 12.9. The summed E-state index contributed by atoms with van der Waals surface area (Å²) in [6, 6.07) is 0. The molecule has 0 bridgehead atoms. The first-order chi connectivity index (χ1) is 14.6. The average Bonchev–Trinajstić information content (AvgIpc) is 2.67. The predicted octanol–water partition coefficient (Wildman–Crippen LogP) is 1.58. The Kier molecular flexibility index (Phi) is 12.8. The van der Waals surface area contributed by atoms with E-state index in [1.807, 2.05) is 13.8 Å². The highest BCUT2D eigenvalue weighted by atomic mass is 32.2. The van der Waals surface area contributed by atoms with Crippen molar-refractivity contribution in [3.63, 3.8) is 0 Å². The smallest absolute Gasteiger partial charge is 0.434 e. The lowest BCUT2D eigenvalue weighted by Crippen LogP contribution is -2.44. The highest BCUT2D eigenvalue weighted by Crippen LogP contribution is 2.24. The number of esters is 1. The van der Waals surface area contributed by atoms with Gasteiger partial charge in [0.2, 0.25) is 5.91 Å². The molecule has 0 aliphatic heterocycles. The normalized spacial score (nSPS) is 14.1. The zero-order valence-electron chi connectivity index (χ0n) is 19.9. The van der Waals surface area contributed by atoms with Crippen molar-refractivity contribution in [3.05, 3.63) is 0 Å². The molecule has 0 aliphatic carbocycles. The molecule has 32 heavy (non-hydrogen) atoms. The van der Waals surface area contributed by atoms with Crippen LogP contribution >= 0.6 is 0 Å². The monoisotopic (exact) mass is 483 g/mol. The molecule has 0 saturated carbocycles. The number of hydrogen-bond donors (Lipinski definition) is 2. The maximum atomic E-state index is 12.4. The van der Waals surface area contributed by atoms with Crippen molar-refractivity contribution in [3.8, 4) is 0 Å².